The Bertz CT molecular complexity index is 119. The third-order valence-electron chi connectivity index (χ3n) is 2.64. The van der Waals surface area contributed by atoms with E-state index in [1.165, 1.54) is 0 Å². The lowest BCUT2D eigenvalue weighted by atomic mass is 9.74. The molecule has 2 nitrogen and oxygen atoms in total. The van der Waals surface area contributed by atoms with Gasteiger partial charge in [-0.15, -0.1) is 0 Å². The van der Waals surface area contributed by atoms with E-state index in [2.05, 4.69) is 0 Å². The van der Waals surface area contributed by atoms with E-state index in [4.69, 9.17) is 5.11 Å². The summed E-state index contributed by atoms with van der Waals surface area (Å²) in [5.41, 5.74) is -0.210. The first-order chi connectivity index (χ1) is 4.69. The van der Waals surface area contributed by atoms with Crippen LogP contribution in [-0.4, -0.2) is 22.9 Å². The zero-order valence-electron chi connectivity index (χ0n) is 6.51. The summed E-state index contributed by atoms with van der Waals surface area (Å²) < 4.78 is 0. The highest BCUT2D eigenvalue weighted by atomic mass is 16.3. The van der Waals surface area contributed by atoms with Gasteiger partial charge in [0, 0.05) is 6.84 Å². The molecule has 0 aromatic carbocycles. The molecule has 0 radical (unpaired) electrons. The van der Waals surface area contributed by atoms with Crippen LogP contribution in [-0.2, 0) is 0 Å². The molecular weight excluding hydrogens is 128 g/mol. The molecule has 2 N–H and O–H groups in total. The van der Waals surface area contributed by atoms with E-state index in [1.54, 1.807) is 0 Å². The lowest BCUT2D eigenvalue weighted by Crippen LogP contribution is -2.38. The highest BCUT2D eigenvalue weighted by Gasteiger charge is 2.34. The van der Waals surface area contributed by atoms with Crippen molar-refractivity contribution in [1.29, 1.82) is 0 Å². The van der Waals surface area contributed by atoms with Crippen LogP contribution in [0.1, 0.15) is 34.0 Å². The molecule has 1 rings (SSSR count). The molecule has 1 saturated carbocycles. The van der Waals surface area contributed by atoms with E-state index in [-0.39, 0.29) is 19.6 Å². The van der Waals surface area contributed by atoms with Crippen molar-refractivity contribution in [3.63, 3.8) is 0 Å². The van der Waals surface area contributed by atoms with E-state index >= 15 is 0 Å². The minimum Gasteiger partial charge on any atom is -0.396 e. The first-order valence-electron chi connectivity index (χ1n) is 3.98. The van der Waals surface area contributed by atoms with Crippen LogP contribution >= 0.6 is 0 Å². The molecule has 0 aromatic rings. The molecule has 1 aliphatic carbocycles. The second-order valence-corrected chi connectivity index (χ2v) is 3.57. The molecule has 1 aliphatic rings. The van der Waals surface area contributed by atoms with Crippen molar-refractivity contribution in [2.45, 2.75) is 38.7 Å². The van der Waals surface area contributed by atoms with E-state index in [0.29, 0.717) is 0 Å². The Morgan fingerprint density at radius 1 is 1.60 bits per heavy atom. The summed E-state index contributed by atoms with van der Waals surface area (Å²) >= 11 is 0. The summed E-state index contributed by atoms with van der Waals surface area (Å²) in [6.45, 7) is 2.07. The Hall–Kier alpha value is -0.0800. The molecule has 2 atom stereocenters. The van der Waals surface area contributed by atoms with Gasteiger partial charge >= 0.3 is 0 Å². The molecule has 0 aliphatic heterocycles. The largest absolute Gasteiger partial charge is 0.396 e. The lowest BCUT2D eigenvalue weighted by Gasteiger charge is -2.36. The van der Waals surface area contributed by atoms with Gasteiger partial charge in [-0.2, -0.15) is 0 Å². The SMILES string of the molecule is CC1(CO)CCCCC1O.[HH]. The molecule has 10 heavy (non-hydrogen) atoms. The highest BCUT2D eigenvalue weighted by Crippen LogP contribution is 2.35. The third kappa shape index (κ3) is 1.32. The van der Waals surface area contributed by atoms with Gasteiger partial charge in [0.2, 0.25) is 0 Å². The van der Waals surface area contributed by atoms with Crippen LogP contribution in [0.15, 0.2) is 0 Å². The molecule has 62 valence electrons. The molecule has 1 fully saturated rings. The van der Waals surface area contributed by atoms with Gasteiger partial charge in [-0.3, -0.25) is 0 Å². The summed E-state index contributed by atoms with van der Waals surface area (Å²) in [5, 5.41) is 18.4. The van der Waals surface area contributed by atoms with E-state index < -0.39 is 0 Å². The smallest absolute Gasteiger partial charge is 0.0615 e. The van der Waals surface area contributed by atoms with Crippen molar-refractivity contribution < 1.29 is 11.6 Å². The number of aliphatic hydroxyl groups is 2. The van der Waals surface area contributed by atoms with Crippen LogP contribution < -0.4 is 0 Å². The van der Waals surface area contributed by atoms with E-state index in [0.717, 1.165) is 25.7 Å². The van der Waals surface area contributed by atoms with E-state index in [9.17, 15) is 5.11 Å². The van der Waals surface area contributed by atoms with Crippen LogP contribution in [0.5, 0.6) is 0 Å². The maximum atomic E-state index is 9.47. The molecule has 2 unspecified atom stereocenters. The van der Waals surface area contributed by atoms with E-state index in [1.807, 2.05) is 6.92 Å². The Morgan fingerprint density at radius 2 is 2.30 bits per heavy atom. The normalized spacial score (nSPS) is 41.7. The molecule has 0 amide bonds. The second-order valence-electron chi connectivity index (χ2n) is 3.57. The molecular formula is C8H18O2. The minimum absolute atomic E-state index is 0. The third-order valence-corrected chi connectivity index (χ3v) is 2.64. The van der Waals surface area contributed by atoms with Crippen LogP contribution in [0.3, 0.4) is 0 Å². The fourth-order valence-corrected chi connectivity index (χ4v) is 1.57. The number of aliphatic hydroxyl groups excluding tert-OH is 2. The van der Waals surface area contributed by atoms with Gasteiger partial charge in [0.25, 0.3) is 0 Å². The fraction of sp³-hybridized carbons (Fsp3) is 1.00. The quantitative estimate of drug-likeness (QED) is 0.583. The predicted molar refractivity (Wildman–Crippen MR) is 41.8 cm³/mol. The minimum atomic E-state index is -0.286. The summed E-state index contributed by atoms with van der Waals surface area (Å²) in [7, 11) is 0. The number of hydrogen-bond donors (Lipinski definition) is 2. The summed E-state index contributed by atoms with van der Waals surface area (Å²) in [6, 6.07) is 0. The van der Waals surface area contributed by atoms with Gasteiger partial charge < -0.3 is 10.2 Å². The lowest BCUT2D eigenvalue weighted by molar-refractivity contribution is -0.0348. The van der Waals surface area contributed by atoms with Crippen molar-refractivity contribution >= 4 is 0 Å². The molecule has 0 bridgehead atoms. The average molecular weight is 146 g/mol. The van der Waals surface area contributed by atoms with Gasteiger partial charge in [0.15, 0.2) is 0 Å². The maximum Gasteiger partial charge on any atom is 0.0615 e. The Morgan fingerprint density at radius 3 is 2.70 bits per heavy atom. The van der Waals surface area contributed by atoms with Crippen molar-refractivity contribution in [1.82, 2.24) is 0 Å². The van der Waals surface area contributed by atoms with Gasteiger partial charge in [-0.25, -0.2) is 0 Å². The van der Waals surface area contributed by atoms with Gasteiger partial charge in [0.05, 0.1) is 12.7 Å². The van der Waals surface area contributed by atoms with Gasteiger partial charge in [0.1, 0.15) is 0 Å². The summed E-state index contributed by atoms with van der Waals surface area (Å²) in [6.07, 6.45) is 3.79. The zero-order valence-corrected chi connectivity index (χ0v) is 6.51. The zero-order chi connectivity index (χ0) is 7.61. The molecule has 0 spiro atoms. The number of rotatable bonds is 1. The second kappa shape index (κ2) is 2.89. The number of hydrogen-bond acceptors (Lipinski definition) is 2. The van der Waals surface area contributed by atoms with Crippen molar-refractivity contribution in [3.8, 4) is 0 Å². The summed E-state index contributed by atoms with van der Waals surface area (Å²) in [5.74, 6) is 0. The van der Waals surface area contributed by atoms with Crippen molar-refractivity contribution in [2.75, 3.05) is 6.61 Å². The average Bonchev–Trinajstić information content (AvgIpc) is 1.96. The molecule has 0 heterocycles. The molecule has 0 saturated heterocycles. The Labute approximate surface area is 63.4 Å². The van der Waals surface area contributed by atoms with Crippen LogP contribution in [0.25, 0.3) is 0 Å². The van der Waals surface area contributed by atoms with Crippen LogP contribution in [0.2, 0.25) is 0 Å². The van der Waals surface area contributed by atoms with Crippen molar-refractivity contribution in [3.05, 3.63) is 0 Å². The molecule has 2 heteroatoms. The van der Waals surface area contributed by atoms with Crippen LogP contribution in [0, 0.1) is 5.41 Å². The van der Waals surface area contributed by atoms with Crippen molar-refractivity contribution in [2.24, 2.45) is 5.41 Å². The predicted octanol–water partition coefficient (Wildman–Crippen LogP) is 1.17. The van der Waals surface area contributed by atoms with Crippen LogP contribution in [0.4, 0.5) is 0 Å². The molecule has 0 aromatic heterocycles. The summed E-state index contributed by atoms with van der Waals surface area (Å²) in [4.78, 5) is 0. The van der Waals surface area contributed by atoms with Gasteiger partial charge in [-0.05, 0) is 12.8 Å². The first-order valence-corrected chi connectivity index (χ1v) is 3.98. The van der Waals surface area contributed by atoms with Gasteiger partial charge in [-0.1, -0.05) is 19.8 Å². The highest BCUT2D eigenvalue weighted by molar-refractivity contribution is 4.85. The Kier molecular flexibility index (Phi) is 2.32. The Balaban J connectivity index is 0.000001000. The monoisotopic (exact) mass is 146 g/mol. The fourth-order valence-electron chi connectivity index (χ4n) is 1.57. The maximum absolute atomic E-state index is 9.47. The standard InChI is InChI=1S/C8H16O2.H2/c1-8(6-9)5-3-2-4-7(8)10;/h7,9-10H,2-6H2,1H3;1H. The first kappa shape index (κ1) is 8.02. The topological polar surface area (TPSA) is 40.5 Å².